The third kappa shape index (κ3) is 7.17. The molecule has 108 valence electrons. The highest BCUT2D eigenvalue weighted by atomic mass is 16.5. The molecule has 1 N–H and O–H groups in total. The van der Waals surface area contributed by atoms with E-state index in [1.807, 2.05) is 20.2 Å². The van der Waals surface area contributed by atoms with Crippen molar-refractivity contribution >= 4 is 0 Å². The van der Waals surface area contributed by atoms with Crippen LogP contribution in [0.25, 0.3) is 0 Å². The molecule has 0 aromatic rings. The second-order valence-electron chi connectivity index (χ2n) is 6.28. The molecule has 4 unspecified atom stereocenters. The summed E-state index contributed by atoms with van der Waals surface area (Å²) in [6.45, 7) is 14.0. The van der Waals surface area contributed by atoms with E-state index in [2.05, 4.69) is 39.6 Å². The van der Waals surface area contributed by atoms with E-state index in [0.29, 0.717) is 17.8 Å². The number of rotatable bonds is 10. The fraction of sp³-hybridized carbons (Fsp3) is 0.875. The Labute approximate surface area is 114 Å². The van der Waals surface area contributed by atoms with Crippen LogP contribution in [0.3, 0.4) is 0 Å². The molecule has 0 aromatic heterocycles. The molecule has 0 spiro atoms. The zero-order chi connectivity index (χ0) is 14.2. The van der Waals surface area contributed by atoms with Crippen molar-refractivity contribution in [3.05, 3.63) is 12.7 Å². The van der Waals surface area contributed by atoms with Gasteiger partial charge in [-0.1, -0.05) is 26.8 Å². The number of ether oxygens (including phenoxy) is 1. The van der Waals surface area contributed by atoms with Crippen LogP contribution in [0, 0.1) is 17.8 Å². The number of methoxy groups -OCH3 is 1. The predicted octanol–water partition coefficient (Wildman–Crippen LogP) is 3.88. The predicted molar refractivity (Wildman–Crippen MR) is 80.9 cm³/mol. The minimum absolute atomic E-state index is 0.00340. The Hall–Kier alpha value is -0.340. The third-order valence-corrected chi connectivity index (χ3v) is 3.78. The first-order valence-corrected chi connectivity index (χ1v) is 7.19. The van der Waals surface area contributed by atoms with E-state index in [1.165, 1.54) is 6.42 Å². The normalized spacial score (nSPS) is 19.9. The molecule has 0 saturated carbocycles. The van der Waals surface area contributed by atoms with Gasteiger partial charge in [-0.15, -0.1) is 6.58 Å². The molecule has 0 radical (unpaired) electrons. The second-order valence-corrected chi connectivity index (χ2v) is 6.28. The molecule has 0 heterocycles. The van der Waals surface area contributed by atoms with Crippen LogP contribution in [-0.4, -0.2) is 26.3 Å². The molecule has 2 heteroatoms. The monoisotopic (exact) mass is 255 g/mol. The van der Waals surface area contributed by atoms with Gasteiger partial charge < -0.3 is 10.1 Å². The van der Waals surface area contributed by atoms with Crippen LogP contribution in [-0.2, 0) is 4.74 Å². The van der Waals surface area contributed by atoms with Gasteiger partial charge in [0.1, 0.15) is 0 Å². The summed E-state index contributed by atoms with van der Waals surface area (Å²) in [6, 6.07) is 0. The molecule has 0 bridgehead atoms. The third-order valence-electron chi connectivity index (χ3n) is 3.78. The number of hydrogen-bond acceptors (Lipinski definition) is 2. The molecule has 18 heavy (non-hydrogen) atoms. The highest BCUT2D eigenvalue weighted by Gasteiger charge is 2.28. The molecule has 0 rings (SSSR count). The summed E-state index contributed by atoms with van der Waals surface area (Å²) in [5, 5.41) is 3.24. The summed E-state index contributed by atoms with van der Waals surface area (Å²) >= 11 is 0. The van der Waals surface area contributed by atoms with Crippen molar-refractivity contribution in [2.24, 2.45) is 17.8 Å². The maximum atomic E-state index is 5.79. The molecule has 0 aliphatic rings. The van der Waals surface area contributed by atoms with Crippen LogP contribution in [0.4, 0.5) is 0 Å². The molecule has 0 saturated heterocycles. The Balaban J connectivity index is 4.32. The first-order valence-electron chi connectivity index (χ1n) is 7.19. The molecule has 2 nitrogen and oxygen atoms in total. The Morgan fingerprint density at radius 2 is 1.78 bits per heavy atom. The fourth-order valence-corrected chi connectivity index (χ4v) is 2.96. The van der Waals surface area contributed by atoms with E-state index in [-0.39, 0.29) is 5.60 Å². The minimum atomic E-state index is -0.00340. The summed E-state index contributed by atoms with van der Waals surface area (Å²) in [7, 11) is 3.85. The molecular formula is C16H33NO. The minimum Gasteiger partial charge on any atom is -0.379 e. The van der Waals surface area contributed by atoms with Crippen molar-refractivity contribution in [3.8, 4) is 0 Å². The van der Waals surface area contributed by atoms with Crippen molar-refractivity contribution in [1.82, 2.24) is 5.32 Å². The molecule has 0 aliphatic heterocycles. The topological polar surface area (TPSA) is 21.3 Å². The standard InChI is InChI=1S/C16H33NO/c1-8-13(2)9-14(3)10-16(5,18-7)11-15(4)12-17-6/h8,13-15,17H,1,9-12H2,2-7H3. The quantitative estimate of drug-likeness (QED) is 0.598. The van der Waals surface area contributed by atoms with Gasteiger partial charge in [-0.05, 0) is 57.5 Å². The van der Waals surface area contributed by atoms with Gasteiger partial charge in [0.2, 0.25) is 0 Å². The van der Waals surface area contributed by atoms with Crippen LogP contribution in [0.2, 0.25) is 0 Å². The lowest BCUT2D eigenvalue weighted by Gasteiger charge is -2.34. The van der Waals surface area contributed by atoms with Gasteiger partial charge in [-0.3, -0.25) is 0 Å². The lowest BCUT2D eigenvalue weighted by atomic mass is 9.82. The van der Waals surface area contributed by atoms with Crippen molar-refractivity contribution in [2.75, 3.05) is 20.7 Å². The molecule has 0 aromatic carbocycles. The molecule has 0 aliphatic carbocycles. The van der Waals surface area contributed by atoms with Crippen molar-refractivity contribution < 1.29 is 4.74 Å². The number of nitrogens with one attached hydrogen (secondary N) is 1. The van der Waals surface area contributed by atoms with E-state index in [4.69, 9.17) is 4.74 Å². The summed E-state index contributed by atoms with van der Waals surface area (Å²) in [4.78, 5) is 0. The van der Waals surface area contributed by atoms with Crippen molar-refractivity contribution in [2.45, 2.75) is 52.6 Å². The summed E-state index contributed by atoms with van der Waals surface area (Å²) < 4.78 is 5.79. The first kappa shape index (κ1) is 17.7. The number of hydrogen-bond donors (Lipinski definition) is 1. The molecule has 0 amide bonds. The van der Waals surface area contributed by atoms with E-state index in [0.717, 1.165) is 19.4 Å². The number of allylic oxidation sites excluding steroid dienone is 1. The van der Waals surface area contributed by atoms with Gasteiger partial charge in [0.05, 0.1) is 5.60 Å². The fourth-order valence-electron chi connectivity index (χ4n) is 2.96. The van der Waals surface area contributed by atoms with Crippen molar-refractivity contribution in [3.63, 3.8) is 0 Å². The zero-order valence-electron chi connectivity index (χ0n) is 13.3. The van der Waals surface area contributed by atoms with Crippen LogP contribution in [0.15, 0.2) is 12.7 Å². The summed E-state index contributed by atoms with van der Waals surface area (Å²) in [5.74, 6) is 1.91. The maximum absolute atomic E-state index is 5.79. The van der Waals surface area contributed by atoms with Crippen LogP contribution >= 0.6 is 0 Å². The molecule has 4 atom stereocenters. The van der Waals surface area contributed by atoms with E-state index in [1.54, 1.807) is 0 Å². The lowest BCUT2D eigenvalue weighted by Crippen LogP contribution is -2.34. The Bertz CT molecular complexity index is 229. The Morgan fingerprint density at radius 1 is 1.22 bits per heavy atom. The zero-order valence-corrected chi connectivity index (χ0v) is 13.3. The summed E-state index contributed by atoms with van der Waals surface area (Å²) in [6.07, 6.45) is 5.47. The van der Waals surface area contributed by atoms with Gasteiger partial charge in [0.25, 0.3) is 0 Å². The first-order chi connectivity index (χ1) is 8.36. The van der Waals surface area contributed by atoms with Crippen LogP contribution in [0.5, 0.6) is 0 Å². The Morgan fingerprint density at radius 3 is 2.22 bits per heavy atom. The van der Waals surface area contributed by atoms with Crippen molar-refractivity contribution in [1.29, 1.82) is 0 Å². The van der Waals surface area contributed by atoms with Gasteiger partial charge in [0.15, 0.2) is 0 Å². The molecular weight excluding hydrogens is 222 g/mol. The van der Waals surface area contributed by atoms with Crippen LogP contribution in [0.1, 0.15) is 47.0 Å². The average molecular weight is 255 g/mol. The van der Waals surface area contributed by atoms with Gasteiger partial charge >= 0.3 is 0 Å². The van der Waals surface area contributed by atoms with E-state index >= 15 is 0 Å². The maximum Gasteiger partial charge on any atom is 0.0656 e. The largest absolute Gasteiger partial charge is 0.379 e. The highest BCUT2D eigenvalue weighted by molar-refractivity contribution is 4.83. The Kier molecular flexibility index (Phi) is 8.54. The van der Waals surface area contributed by atoms with E-state index in [9.17, 15) is 0 Å². The highest BCUT2D eigenvalue weighted by Crippen LogP contribution is 2.30. The van der Waals surface area contributed by atoms with E-state index < -0.39 is 0 Å². The molecule has 0 fully saturated rings. The average Bonchev–Trinajstić information content (AvgIpc) is 2.28. The van der Waals surface area contributed by atoms with Gasteiger partial charge in [-0.25, -0.2) is 0 Å². The second kappa shape index (κ2) is 8.71. The van der Waals surface area contributed by atoms with Gasteiger partial charge in [-0.2, -0.15) is 0 Å². The SMILES string of the molecule is C=CC(C)CC(C)CC(C)(CC(C)CNC)OC. The lowest BCUT2D eigenvalue weighted by molar-refractivity contribution is -0.0306. The van der Waals surface area contributed by atoms with Crippen LogP contribution < -0.4 is 5.32 Å². The smallest absolute Gasteiger partial charge is 0.0656 e. The van der Waals surface area contributed by atoms with Gasteiger partial charge in [0, 0.05) is 7.11 Å². The summed E-state index contributed by atoms with van der Waals surface area (Å²) in [5.41, 5.74) is -0.00340.